The fourth-order valence-electron chi connectivity index (χ4n) is 4.33. The number of carbonyl (C=O) groups excluding carboxylic acids is 1. The summed E-state index contributed by atoms with van der Waals surface area (Å²) < 4.78 is 13.8. The van der Waals surface area contributed by atoms with Crippen molar-refractivity contribution in [2.75, 3.05) is 6.54 Å². The van der Waals surface area contributed by atoms with Crippen molar-refractivity contribution in [2.24, 2.45) is 0 Å². The van der Waals surface area contributed by atoms with E-state index in [2.05, 4.69) is 4.98 Å². The Balaban J connectivity index is 1.52. The summed E-state index contributed by atoms with van der Waals surface area (Å²) in [6, 6.07) is 24.6. The SMILES string of the molecule is O=C(C(c1ccccc1)c1ccccc1)N1CCc2[nH]c3ccc(F)cc3c2C1. The first kappa shape index (κ1) is 17.7. The van der Waals surface area contributed by atoms with E-state index in [1.807, 2.05) is 65.6 Å². The Morgan fingerprint density at radius 3 is 2.24 bits per heavy atom. The van der Waals surface area contributed by atoms with Gasteiger partial charge < -0.3 is 9.88 Å². The van der Waals surface area contributed by atoms with Crippen LogP contribution < -0.4 is 0 Å². The fourth-order valence-corrected chi connectivity index (χ4v) is 4.33. The van der Waals surface area contributed by atoms with E-state index < -0.39 is 0 Å². The van der Waals surface area contributed by atoms with Gasteiger partial charge in [0.25, 0.3) is 0 Å². The van der Waals surface area contributed by atoms with E-state index in [4.69, 9.17) is 0 Å². The Bertz CT molecular complexity index is 1130. The molecule has 0 bridgehead atoms. The molecule has 29 heavy (non-hydrogen) atoms. The lowest BCUT2D eigenvalue weighted by Crippen LogP contribution is -2.39. The molecule has 0 saturated heterocycles. The minimum atomic E-state index is -0.346. The lowest BCUT2D eigenvalue weighted by molar-refractivity contribution is -0.132. The fraction of sp³-hybridized carbons (Fsp3) is 0.160. The second kappa shape index (κ2) is 7.21. The van der Waals surface area contributed by atoms with Gasteiger partial charge in [-0.1, -0.05) is 60.7 Å². The predicted molar refractivity (Wildman–Crippen MR) is 112 cm³/mol. The first-order valence-corrected chi connectivity index (χ1v) is 9.88. The number of fused-ring (bicyclic) bond motifs is 3. The second-order valence-electron chi connectivity index (χ2n) is 7.54. The number of aromatic nitrogens is 1. The Morgan fingerprint density at radius 2 is 1.59 bits per heavy atom. The zero-order chi connectivity index (χ0) is 19.8. The van der Waals surface area contributed by atoms with Crippen molar-refractivity contribution in [1.29, 1.82) is 0 Å². The molecule has 1 aliphatic rings. The number of carbonyl (C=O) groups is 1. The molecule has 1 aliphatic heterocycles. The van der Waals surface area contributed by atoms with E-state index in [1.165, 1.54) is 6.07 Å². The average Bonchev–Trinajstić information content (AvgIpc) is 3.12. The molecule has 3 aromatic carbocycles. The summed E-state index contributed by atoms with van der Waals surface area (Å²) in [5.74, 6) is -0.520. The third-order valence-electron chi connectivity index (χ3n) is 5.76. The number of hydrogen-bond donors (Lipinski definition) is 1. The molecule has 0 unspecified atom stereocenters. The number of hydrogen-bond acceptors (Lipinski definition) is 1. The molecule has 2 heterocycles. The lowest BCUT2D eigenvalue weighted by atomic mass is 9.89. The van der Waals surface area contributed by atoms with Crippen LogP contribution in [-0.4, -0.2) is 22.3 Å². The van der Waals surface area contributed by atoms with Crippen LogP contribution in [0, 0.1) is 5.82 Å². The molecule has 0 fully saturated rings. The highest BCUT2D eigenvalue weighted by Crippen LogP contribution is 2.32. The smallest absolute Gasteiger partial charge is 0.234 e. The van der Waals surface area contributed by atoms with E-state index in [9.17, 15) is 9.18 Å². The molecule has 0 radical (unpaired) electrons. The minimum Gasteiger partial charge on any atom is -0.358 e. The third kappa shape index (κ3) is 3.21. The monoisotopic (exact) mass is 384 g/mol. The van der Waals surface area contributed by atoms with Gasteiger partial charge in [0.2, 0.25) is 5.91 Å². The van der Waals surface area contributed by atoms with E-state index in [1.54, 1.807) is 12.1 Å². The summed E-state index contributed by atoms with van der Waals surface area (Å²) in [5, 5.41) is 0.869. The minimum absolute atomic E-state index is 0.0822. The maximum Gasteiger partial charge on any atom is 0.234 e. The molecule has 1 N–H and O–H groups in total. The van der Waals surface area contributed by atoms with Gasteiger partial charge in [-0.25, -0.2) is 4.39 Å². The van der Waals surface area contributed by atoms with Crippen molar-refractivity contribution in [3.8, 4) is 0 Å². The summed E-state index contributed by atoms with van der Waals surface area (Å²) in [5.41, 5.74) is 5.02. The highest BCUT2D eigenvalue weighted by molar-refractivity contribution is 5.89. The first-order valence-electron chi connectivity index (χ1n) is 9.88. The Labute approximate surface area is 168 Å². The van der Waals surface area contributed by atoms with E-state index in [-0.39, 0.29) is 17.6 Å². The average molecular weight is 384 g/mol. The van der Waals surface area contributed by atoms with Crippen LogP contribution in [-0.2, 0) is 17.8 Å². The summed E-state index contributed by atoms with van der Waals surface area (Å²) in [6.07, 6.45) is 0.744. The van der Waals surface area contributed by atoms with Gasteiger partial charge in [0.1, 0.15) is 5.82 Å². The van der Waals surface area contributed by atoms with Crippen molar-refractivity contribution in [1.82, 2.24) is 9.88 Å². The highest BCUT2D eigenvalue weighted by Gasteiger charge is 2.31. The van der Waals surface area contributed by atoms with Gasteiger partial charge in [0, 0.05) is 41.7 Å². The number of amides is 1. The van der Waals surface area contributed by atoms with Crippen LogP contribution in [0.4, 0.5) is 4.39 Å². The van der Waals surface area contributed by atoms with Crippen LogP contribution in [0.1, 0.15) is 28.3 Å². The standard InChI is InChI=1S/C25H21FN2O/c26-19-11-12-22-20(15-19)21-16-28(14-13-23(21)27-22)25(29)24(17-7-3-1-4-8-17)18-9-5-2-6-10-18/h1-12,15,24,27H,13-14,16H2. The Kier molecular flexibility index (Phi) is 4.39. The first-order chi connectivity index (χ1) is 14.2. The molecule has 0 spiro atoms. The van der Waals surface area contributed by atoms with Crippen LogP contribution >= 0.6 is 0 Å². The molecule has 5 rings (SSSR count). The van der Waals surface area contributed by atoms with Crippen molar-refractivity contribution < 1.29 is 9.18 Å². The van der Waals surface area contributed by atoms with Crippen LogP contribution in [0.5, 0.6) is 0 Å². The lowest BCUT2D eigenvalue weighted by Gasteiger charge is -2.31. The predicted octanol–water partition coefficient (Wildman–Crippen LogP) is 5.02. The number of nitrogens with zero attached hydrogens (tertiary/aromatic N) is 1. The van der Waals surface area contributed by atoms with E-state index in [0.717, 1.165) is 39.7 Å². The summed E-state index contributed by atoms with van der Waals surface area (Å²) in [6.45, 7) is 1.14. The van der Waals surface area contributed by atoms with Crippen LogP contribution in [0.15, 0.2) is 78.9 Å². The third-order valence-corrected chi connectivity index (χ3v) is 5.76. The summed E-state index contributed by atoms with van der Waals surface area (Å²) in [7, 11) is 0. The number of halogens is 1. The molecule has 1 aromatic heterocycles. The Hall–Kier alpha value is -3.40. The molecular formula is C25H21FN2O. The zero-order valence-corrected chi connectivity index (χ0v) is 15.9. The quantitative estimate of drug-likeness (QED) is 0.529. The number of aromatic amines is 1. The zero-order valence-electron chi connectivity index (χ0n) is 15.9. The molecular weight excluding hydrogens is 363 g/mol. The summed E-state index contributed by atoms with van der Waals surface area (Å²) >= 11 is 0. The molecule has 0 aliphatic carbocycles. The molecule has 4 heteroatoms. The van der Waals surface area contributed by atoms with Crippen LogP contribution in [0.3, 0.4) is 0 Å². The van der Waals surface area contributed by atoms with Gasteiger partial charge in [0.15, 0.2) is 0 Å². The molecule has 3 nitrogen and oxygen atoms in total. The van der Waals surface area contributed by atoms with Gasteiger partial charge >= 0.3 is 0 Å². The van der Waals surface area contributed by atoms with E-state index >= 15 is 0 Å². The number of rotatable bonds is 3. The topological polar surface area (TPSA) is 36.1 Å². The maximum atomic E-state index is 13.8. The van der Waals surface area contributed by atoms with Crippen LogP contribution in [0.25, 0.3) is 10.9 Å². The number of H-pyrrole nitrogens is 1. The number of nitrogens with one attached hydrogen (secondary N) is 1. The van der Waals surface area contributed by atoms with Crippen molar-refractivity contribution in [2.45, 2.75) is 18.9 Å². The van der Waals surface area contributed by atoms with Gasteiger partial charge in [-0.15, -0.1) is 0 Å². The van der Waals surface area contributed by atoms with Gasteiger partial charge in [-0.3, -0.25) is 4.79 Å². The Morgan fingerprint density at radius 1 is 0.931 bits per heavy atom. The van der Waals surface area contributed by atoms with Gasteiger partial charge in [-0.05, 0) is 29.3 Å². The highest BCUT2D eigenvalue weighted by atomic mass is 19.1. The van der Waals surface area contributed by atoms with E-state index in [0.29, 0.717) is 13.1 Å². The summed E-state index contributed by atoms with van der Waals surface area (Å²) in [4.78, 5) is 19.0. The molecule has 144 valence electrons. The molecule has 1 amide bonds. The van der Waals surface area contributed by atoms with Crippen molar-refractivity contribution in [3.63, 3.8) is 0 Å². The van der Waals surface area contributed by atoms with Crippen molar-refractivity contribution >= 4 is 16.8 Å². The van der Waals surface area contributed by atoms with Crippen LogP contribution in [0.2, 0.25) is 0 Å². The van der Waals surface area contributed by atoms with Crippen molar-refractivity contribution in [3.05, 3.63) is 107 Å². The molecule has 0 atom stereocenters. The normalized spacial score (nSPS) is 13.7. The molecule has 0 saturated carbocycles. The molecule has 4 aromatic rings. The largest absolute Gasteiger partial charge is 0.358 e. The van der Waals surface area contributed by atoms with Gasteiger partial charge in [0.05, 0.1) is 5.92 Å². The maximum absolute atomic E-state index is 13.8. The second-order valence-corrected chi connectivity index (χ2v) is 7.54. The van der Waals surface area contributed by atoms with Gasteiger partial charge in [-0.2, -0.15) is 0 Å². The number of benzene rings is 3.